The summed E-state index contributed by atoms with van der Waals surface area (Å²) in [5, 5.41) is 18.7. The summed E-state index contributed by atoms with van der Waals surface area (Å²) >= 11 is 0. The number of rotatable bonds is 8. The molecule has 0 aliphatic carbocycles. The molecule has 0 amide bonds. The van der Waals surface area contributed by atoms with Gasteiger partial charge in [-0.25, -0.2) is 19.3 Å². The number of aliphatic hydroxyl groups excluding tert-OH is 1. The number of aryl methyl sites for hydroxylation is 3. The van der Waals surface area contributed by atoms with Gasteiger partial charge >= 0.3 is 0 Å². The van der Waals surface area contributed by atoms with Crippen LogP contribution in [0.25, 0.3) is 0 Å². The SMILES string of the molecule is CC[C@H](O)Cn1nc(Cn2cncn2)nc1CCc1ccccc1C. The summed E-state index contributed by atoms with van der Waals surface area (Å²) < 4.78 is 3.53. The molecule has 0 unspecified atom stereocenters. The van der Waals surface area contributed by atoms with Crippen molar-refractivity contribution in [3.63, 3.8) is 0 Å². The van der Waals surface area contributed by atoms with Crippen LogP contribution in [-0.4, -0.2) is 40.7 Å². The zero-order valence-corrected chi connectivity index (χ0v) is 14.7. The first-order chi connectivity index (χ1) is 12.2. The quantitative estimate of drug-likeness (QED) is 0.676. The zero-order valence-electron chi connectivity index (χ0n) is 14.7. The average Bonchev–Trinajstić information content (AvgIpc) is 3.24. The molecular weight excluding hydrogens is 316 g/mol. The van der Waals surface area contributed by atoms with E-state index < -0.39 is 6.10 Å². The second-order valence-electron chi connectivity index (χ2n) is 6.21. The third-order valence-electron chi connectivity index (χ3n) is 4.30. The van der Waals surface area contributed by atoms with Crippen molar-refractivity contribution in [3.05, 3.63) is 59.7 Å². The van der Waals surface area contributed by atoms with Crippen LogP contribution < -0.4 is 0 Å². The van der Waals surface area contributed by atoms with Gasteiger partial charge < -0.3 is 5.11 Å². The average molecular weight is 340 g/mol. The highest BCUT2D eigenvalue weighted by Gasteiger charge is 2.14. The minimum Gasteiger partial charge on any atom is -0.391 e. The molecule has 3 rings (SSSR count). The van der Waals surface area contributed by atoms with Crippen LogP contribution >= 0.6 is 0 Å². The van der Waals surface area contributed by atoms with Gasteiger partial charge in [0, 0.05) is 6.42 Å². The van der Waals surface area contributed by atoms with Crippen molar-refractivity contribution in [1.29, 1.82) is 0 Å². The number of hydrogen-bond donors (Lipinski definition) is 1. The van der Waals surface area contributed by atoms with E-state index in [0.29, 0.717) is 25.3 Å². The van der Waals surface area contributed by atoms with Crippen molar-refractivity contribution in [2.24, 2.45) is 0 Å². The van der Waals surface area contributed by atoms with Crippen LogP contribution in [0.15, 0.2) is 36.9 Å². The first-order valence-electron chi connectivity index (χ1n) is 8.63. The maximum atomic E-state index is 10.0. The Morgan fingerprint density at radius 2 is 2.04 bits per heavy atom. The Kier molecular flexibility index (Phi) is 5.55. The molecule has 3 aromatic rings. The predicted octanol–water partition coefficient (Wildman–Crippen LogP) is 1.78. The summed E-state index contributed by atoms with van der Waals surface area (Å²) in [5.74, 6) is 1.58. The Morgan fingerprint density at radius 1 is 1.20 bits per heavy atom. The molecule has 7 nitrogen and oxygen atoms in total. The lowest BCUT2D eigenvalue weighted by Gasteiger charge is -2.10. The molecule has 0 aliphatic rings. The van der Waals surface area contributed by atoms with Crippen molar-refractivity contribution in [3.8, 4) is 0 Å². The van der Waals surface area contributed by atoms with Gasteiger partial charge in [-0.2, -0.15) is 10.2 Å². The van der Waals surface area contributed by atoms with Gasteiger partial charge in [0.2, 0.25) is 0 Å². The maximum absolute atomic E-state index is 10.0. The lowest BCUT2D eigenvalue weighted by Crippen LogP contribution is -2.18. The molecule has 2 aromatic heterocycles. The molecule has 1 aromatic carbocycles. The van der Waals surface area contributed by atoms with Crippen molar-refractivity contribution < 1.29 is 5.11 Å². The van der Waals surface area contributed by atoms with Gasteiger partial charge in [-0.1, -0.05) is 31.2 Å². The monoisotopic (exact) mass is 340 g/mol. The van der Waals surface area contributed by atoms with Crippen LogP contribution in [-0.2, 0) is 25.9 Å². The second kappa shape index (κ2) is 8.02. The second-order valence-corrected chi connectivity index (χ2v) is 6.21. The topological polar surface area (TPSA) is 81.6 Å². The summed E-state index contributed by atoms with van der Waals surface area (Å²) in [6.45, 7) is 5.03. The summed E-state index contributed by atoms with van der Waals surface area (Å²) in [7, 11) is 0. The fourth-order valence-corrected chi connectivity index (χ4v) is 2.75. The third kappa shape index (κ3) is 4.51. The van der Waals surface area contributed by atoms with Crippen molar-refractivity contribution in [1.82, 2.24) is 29.5 Å². The van der Waals surface area contributed by atoms with Crippen molar-refractivity contribution >= 4 is 0 Å². The van der Waals surface area contributed by atoms with Crippen LogP contribution in [0.2, 0.25) is 0 Å². The minimum absolute atomic E-state index is 0.418. The van der Waals surface area contributed by atoms with Crippen LogP contribution in [0.4, 0.5) is 0 Å². The first kappa shape index (κ1) is 17.3. The molecule has 0 bridgehead atoms. The normalized spacial score (nSPS) is 12.4. The van der Waals surface area contributed by atoms with Crippen LogP contribution in [0.5, 0.6) is 0 Å². The van der Waals surface area contributed by atoms with E-state index in [1.165, 1.54) is 17.5 Å². The molecule has 7 heteroatoms. The molecule has 132 valence electrons. The molecule has 2 heterocycles. The van der Waals surface area contributed by atoms with Crippen LogP contribution in [0, 0.1) is 6.92 Å². The molecule has 0 saturated carbocycles. The first-order valence-corrected chi connectivity index (χ1v) is 8.63. The summed E-state index contributed by atoms with van der Waals surface area (Å²) in [4.78, 5) is 8.61. The minimum atomic E-state index is -0.418. The predicted molar refractivity (Wildman–Crippen MR) is 94.0 cm³/mol. The fourth-order valence-electron chi connectivity index (χ4n) is 2.75. The summed E-state index contributed by atoms with van der Waals surface area (Å²) in [6, 6.07) is 8.38. The van der Waals surface area contributed by atoms with Gasteiger partial charge in [0.05, 0.1) is 12.6 Å². The molecule has 0 saturated heterocycles. The molecule has 0 aliphatic heterocycles. The molecule has 0 spiro atoms. The van der Waals surface area contributed by atoms with Crippen molar-refractivity contribution in [2.45, 2.75) is 52.3 Å². The Bertz CT molecular complexity index is 796. The van der Waals surface area contributed by atoms with Gasteiger partial charge in [0.25, 0.3) is 0 Å². The molecule has 1 N–H and O–H groups in total. The molecule has 25 heavy (non-hydrogen) atoms. The van der Waals surface area contributed by atoms with Gasteiger partial charge in [-0.05, 0) is 30.9 Å². The Morgan fingerprint density at radius 3 is 2.76 bits per heavy atom. The van der Waals surface area contributed by atoms with E-state index in [1.807, 2.05) is 11.6 Å². The zero-order chi connectivity index (χ0) is 17.6. The number of aliphatic hydroxyl groups is 1. The van der Waals surface area contributed by atoms with E-state index in [-0.39, 0.29) is 0 Å². The third-order valence-corrected chi connectivity index (χ3v) is 4.30. The fraction of sp³-hybridized carbons (Fsp3) is 0.444. The number of aromatic nitrogens is 6. The highest BCUT2D eigenvalue weighted by molar-refractivity contribution is 5.26. The van der Waals surface area contributed by atoms with E-state index in [2.05, 4.69) is 51.4 Å². The lowest BCUT2D eigenvalue weighted by molar-refractivity contribution is 0.143. The van der Waals surface area contributed by atoms with Crippen LogP contribution in [0.1, 0.15) is 36.1 Å². The van der Waals surface area contributed by atoms with Crippen molar-refractivity contribution in [2.75, 3.05) is 0 Å². The van der Waals surface area contributed by atoms with E-state index >= 15 is 0 Å². The highest BCUT2D eigenvalue weighted by Crippen LogP contribution is 2.12. The highest BCUT2D eigenvalue weighted by atomic mass is 16.3. The van der Waals surface area contributed by atoms with E-state index in [9.17, 15) is 5.11 Å². The smallest absolute Gasteiger partial charge is 0.172 e. The van der Waals surface area contributed by atoms with Crippen LogP contribution in [0.3, 0.4) is 0 Å². The van der Waals surface area contributed by atoms with E-state index in [4.69, 9.17) is 0 Å². The van der Waals surface area contributed by atoms with E-state index in [0.717, 1.165) is 18.7 Å². The molecule has 1 atom stereocenters. The lowest BCUT2D eigenvalue weighted by atomic mass is 10.0. The molecule has 0 fully saturated rings. The number of benzene rings is 1. The van der Waals surface area contributed by atoms with Gasteiger partial charge in [0.1, 0.15) is 25.0 Å². The van der Waals surface area contributed by atoms with Gasteiger partial charge in [-0.3, -0.25) is 0 Å². The molecular formula is C18H24N6O. The standard InChI is InChI=1S/C18H24N6O/c1-3-16(25)10-24-18(9-8-15-7-5-4-6-14(15)2)21-17(22-24)11-23-13-19-12-20-23/h4-7,12-13,16,25H,3,8-11H2,1-2H3/t16-/m0/s1. The molecule has 0 radical (unpaired) electrons. The number of hydrogen-bond acceptors (Lipinski definition) is 5. The van der Waals surface area contributed by atoms with Gasteiger partial charge in [0.15, 0.2) is 5.82 Å². The largest absolute Gasteiger partial charge is 0.391 e. The van der Waals surface area contributed by atoms with Gasteiger partial charge in [-0.15, -0.1) is 0 Å². The summed E-state index contributed by atoms with van der Waals surface area (Å²) in [6.07, 6.45) is 5.10. The van der Waals surface area contributed by atoms with E-state index in [1.54, 1.807) is 11.0 Å². The number of nitrogens with zero attached hydrogens (tertiary/aromatic N) is 6. The Balaban J connectivity index is 1.77. The Labute approximate surface area is 147 Å². The summed E-state index contributed by atoms with van der Waals surface area (Å²) in [5.41, 5.74) is 2.59. The Hall–Kier alpha value is -2.54. The maximum Gasteiger partial charge on any atom is 0.172 e.